The fourth-order valence-corrected chi connectivity index (χ4v) is 4.17. The van der Waals surface area contributed by atoms with E-state index in [4.69, 9.17) is 4.42 Å². The van der Waals surface area contributed by atoms with Crippen LogP contribution < -0.4 is 5.32 Å². The van der Waals surface area contributed by atoms with Gasteiger partial charge in [-0.1, -0.05) is 13.8 Å². The van der Waals surface area contributed by atoms with Crippen LogP contribution in [0.1, 0.15) is 34.8 Å². The Morgan fingerprint density at radius 1 is 1.27 bits per heavy atom. The van der Waals surface area contributed by atoms with Crippen molar-refractivity contribution in [1.82, 2.24) is 20.2 Å². The Morgan fingerprint density at radius 2 is 2.04 bits per heavy atom. The molecule has 1 amide bonds. The summed E-state index contributed by atoms with van der Waals surface area (Å²) < 4.78 is 5.40. The van der Waals surface area contributed by atoms with Crippen molar-refractivity contribution in [2.45, 2.75) is 27.7 Å². The number of rotatable bonds is 7. The molecule has 0 saturated heterocycles. The number of hydrogen-bond acceptors (Lipinski definition) is 6. The maximum atomic E-state index is 12.6. The van der Waals surface area contributed by atoms with Crippen LogP contribution >= 0.6 is 11.3 Å². The van der Waals surface area contributed by atoms with E-state index >= 15 is 0 Å². The number of nitrogens with one attached hydrogen (secondary N) is 1. The van der Waals surface area contributed by atoms with Gasteiger partial charge in [0.05, 0.1) is 16.8 Å². The number of thiophene rings is 1. The first-order valence-corrected chi connectivity index (χ1v) is 9.68. The quantitative estimate of drug-likeness (QED) is 0.686. The second-order valence-corrected chi connectivity index (χ2v) is 7.13. The van der Waals surface area contributed by atoms with Gasteiger partial charge >= 0.3 is 0 Å². The van der Waals surface area contributed by atoms with Crippen LogP contribution in [0.4, 0.5) is 0 Å². The van der Waals surface area contributed by atoms with Crippen LogP contribution in [0.3, 0.4) is 0 Å². The van der Waals surface area contributed by atoms with Crippen LogP contribution in [0.2, 0.25) is 0 Å². The van der Waals surface area contributed by atoms with E-state index in [1.807, 2.05) is 26.0 Å². The Kier molecular flexibility index (Phi) is 5.68. The molecule has 3 aromatic heterocycles. The summed E-state index contributed by atoms with van der Waals surface area (Å²) in [6.07, 6.45) is 1.60. The zero-order chi connectivity index (χ0) is 18.7. The maximum Gasteiger partial charge on any atom is 0.261 e. The molecule has 0 radical (unpaired) electrons. The van der Waals surface area contributed by atoms with E-state index in [0.29, 0.717) is 23.0 Å². The lowest BCUT2D eigenvalue weighted by Crippen LogP contribution is -2.34. The summed E-state index contributed by atoms with van der Waals surface area (Å²) in [4.78, 5) is 25.6. The minimum atomic E-state index is -0.0448. The van der Waals surface area contributed by atoms with Crippen molar-refractivity contribution < 1.29 is 9.21 Å². The van der Waals surface area contributed by atoms with Crippen molar-refractivity contribution in [2.24, 2.45) is 0 Å². The molecule has 3 aromatic rings. The number of aromatic nitrogens is 2. The molecule has 0 spiro atoms. The maximum absolute atomic E-state index is 12.6. The molecular formula is C19H24N4O2S. The highest BCUT2D eigenvalue weighted by Gasteiger charge is 2.20. The van der Waals surface area contributed by atoms with Crippen molar-refractivity contribution >= 4 is 27.5 Å². The van der Waals surface area contributed by atoms with Crippen molar-refractivity contribution in [3.63, 3.8) is 0 Å². The summed E-state index contributed by atoms with van der Waals surface area (Å²) in [6, 6.07) is 3.65. The predicted octanol–water partition coefficient (Wildman–Crippen LogP) is 3.64. The predicted molar refractivity (Wildman–Crippen MR) is 105 cm³/mol. The van der Waals surface area contributed by atoms with E-state index in [0.717, 1.165) is 41.1 Å². The summed E-state index contributed by atoms with van der Waals surface area (Å²) in [5.74, 6) is 1.14. The van der Waals surface area contributed by atoms with Gasteiger partial charge in [0.2, 0.25) is 0 Å². The molecule has 0 fully saturated rings. The highest BCUT2D eigenvalue weighted by molar-refractivity contribution is 7.20. The Balaban J connectivity index is 1.84. The third-order valence-corrected chi connectivity index (χ3v) is 5.71. The van der Waals surface area contributed by atoms with Gasteiger partial charge < -0.3 is 14.6 Å². The smallest absolute Gasteiger partial charge is 0.261 e. The zero-order valence-electron chi connectivity index (χ0n) is 15.6. The SMILES string of the molecule is CCN(CC)CCNC(=O)c1sc2nc(-c3ccco3)nc(C)c2c1C. The Hall–Kier alpha value is -2.25. The summed E-state index contributed by atoms with van der Waals surface area (Å²) in [5, 5.41) is 3.98. The second kappa shape index (κ2) is 7.97. The fourth-order valence-electron chi connectivity index (χ4n) is 3.02. The van der Waals surface area contributed by atoms with Gasteiger partial charge in [-0.15, -0.1) is 11.3 Å². The number of likely N-dealkylation sites (N-methyl/N-ethyl adjacent to an activating group) is 1. The molecule has 0 saturated carbocycles. The van der Waals surface area contributed by atoms with Crippen LogP contribution in [0.25, 0.3) is 21.8 Å². The Morgan fingerprint density at radius 3 is 2.69 bits per heavy atom. The first kappa shape index (κ1) is 18.5. The summed E-state index contributed by atoms with van der Waals surface area (Å²) in [7, 11) is 0. The lowest BCUT2D eigenvalue weighted by molar-refractivity contribution is 0.0952. The van der Waals surface area contributed by atoms with Crippen molar-refractivity contribution in [1.29, 1.82) is 0 Å². The standard InChI is InChI=1S/C19H24N4O2S/c1-5-23(6-2)10-9-20-18(24)16-12(3)15-13(4)21-17(22-19(15)26-16)14-8-7-11-25-14/h7-8,11H,5-6,9-10H2,1-4H3,(H,20,24). The lowest BCUT2D eigenvalue weighted by Gasteiger charge is -2.17. The second-order valence-electron chi connectivity index (χ2n) is 6.13. The average molecular weight is 372 g/mol. The number of hydrogen-bond donors (Lipinski definition) is 1. The number of aryl methyl sites for hydroxylation is 2. The van der Waals surface area contributed by atoms with E-state index < -0.39 is 0 Å². The normalized spacial score (nSPS) is 11.4. The van der Waals surface area contributed by atoms with Gasteiger partial charge in [-0.25, -0.2) is 9.97 Å². The van der Waals surface area contributed by atoms with Gasteiger partial charge in [-0.2, -0.15) is 0 Å². The highest BCUT2D eigenvalue weighted by atomic mass is 32.1. The Labute approximate surface area is 157 Å². The van der Waals surface area contributed by atoms with Crippen LogP contribution in [-0.4, -0.2) is 47.0 Å². The summed E-state index contributed by atoms with van der Waals surface area (Å²) in [6.45, 7) is 11.6. The number of nitrogens with zero attached hydrogens (tertiary/aromatic N) is 3. The molecule has 0 unspecified atom stereocenters. The molecule has 0 aliphatic heterocycles. The van der Waals surface area contributed by atoms with Gasteiger partial charge in [-0.05, 0) is 44.6 Å². The first-order valence-electron chi connectivity index (χ1n) is 8.87. The van der Waals surface area contributed by atoms with Gasteiger partial charge in [0.1, 0.15) is 4.83 Å². The highest BCUT2D eigenvalue weighted by Crippen LogP contribution is 2.32. The molecule has 0 aliphatic carbocycles. The van der Waals surface area contributed by atoms with Crippen LogP contribution in [-0.2, 0) is 0 Å². The van der Waals surface area contributed by atoms with Crippen molar-refractivity contribution in [3.8, 4) is 11.6 Å². The third-order valence-electron chi connectivity index (χ3n) is 4.53. The van der Waals surface area contributed by atoms with E-state index in [1.165, 1.54) is 11.3 Å². The number of amides is 1. The molecule has 3 rings (SSSR count). The van der Waals surface area contributed by atoms with Crippen LogP contribution in [0.5, 0.6) is 0 Å². The Bertz CT molecular complexity index is 898. The van der Waals surface area contributed by atoms with Gasteiger partial charge in [0.25, 0.3) is 5.91 Å². The molecule has 6 nitrogen and oxygen atoms in total. The van der Waals surface area contributed by atoms with Gasteiger partial charge in [0.15, 0.2) is 11.6 Å². The lowest BCUT2D eigenvalue weighted by atomic mass is 10.1. The fraction of sp³-hybridized carbons (Fsp3) is 0.421. The minimum absolute atomic E-state index is 0.0448. The van der Waals surface area contributed by atoms with E-state index in [-0.39, 0.29) is 5.91 Å². The van der Waals surface area contributed by atoms with E-state index in [9.17, 15) is 4.79 Å². The number of fused-ring (bicyclic) bond motifs is 1. The molecule has 138 valence electrons. The van der Waals surface area contributed by atoms with Crippen LogP contribution in [0.15, 0.2) is 22.8 Å². The monoisotopic (exact) mass is 372 g/mol. The molecule has 1 N–H and O–H groups in total. The topological polar surface area (TPSA) is 71.3 Å². The average Bonchev–Trinajstić information content (AvgIpc) is 3.27. The minimum Gasteiger partial charge on any atom is -0.461 e. The van der Waals surface area contributed by atoms with Crippen molar-refractivity contribution in [3.05, 3.63) is 34.5 Å². The van der Waals surface area contributed by atoms with Gasteiger partial charge in [0, 0.05) is 18.5 Å². The molecule has 3 heterocycles. The molecular weight excluding hydrogens is 348 g/mol. The molecule has 0 aliphatic rings. The largest absolute Gasteiger partial charge is 0.461 e. The van der Waals surface area contributed by atoms with Gasteiger partial charge in [-0.3, -0.25) is 4.79 Å². The molecule has 26 heavy (non-hydrogen) atoms. The molecule has 0 bridgehead atoms. The molecule has 7 heteroatoms. The first-order chi connectivity index (χ1) is 12.5. The summed E-state index contributed by atoms with van der Waals surface area (Å²) in [5.41, 5.74) is 1.80. The van der Waals surface area contributed by atoms with E-state index in [2.05, 4.69) is 34.0 Å². The molecule has 0 atom stereocenters. The number of furan rings is 1. The van der Waals surface area contributed by atoms with Crippen molar-refractivity contribution in [2.75, 3.05) is 26.2 Å². The van der Waals surface area contributed by atoms with E-state index in [1.54, 1.807) is 6.26 Å². The zero-order valence-corrected chi connectivity index (χ0v) is 16.4. The number of carbonyl (C=O) groups excluding carboxylic acids is 1. The molecule has 0 aromatic carbocycles. The third kappa shape index (κ3) is 3.64. The summed E-state index contributed by atoms with van der Waals surface area (Å²) >= 11 is 1.41. The van der Waals surface area contributed by atoms with Crippen LogP contribution in [0, 0.1) is 13.8 Å². The number of carbonyl (C=O) groups is 1.